The lowest BCUT2D eigenvalue weighted by atomic mass is 9.65. The van der Waals surface area contributed by atoms with E-state index < -0.39 is 0 Å². The molecule has 1 aromatic rings. The number of benzene rings is 1. The zero-order valence-electron chi connectivity index (χ0n) is 18.5. The summed E-state index contributed by atoms with van der Waals surface area (Å²) in [4.78, 5) is 0. The largest absolute Gasteiger partial charge is 0.495 e. The summed E-state index contributed by atoms with van der Waals surface area (Å²) in [5.74, 6) is 0. The lowest BCUT2D eigenvalue weighted by Crippen LogP contribution is -2.41. The van der Waals surface area contributed by atoms with Gasteiger partial charge in [-0.1, -0.05) is 24.3 Å². The molecule has 1 aliphatic carbocycles. The number of hydrogen-bond acceptors (Lipinski definition) is 4. The van der Waals surface area contributed by atoms with Crippen LogP contribution in [-0.2, 0) is 25.0 Å². The summed E-state index contributed by atoms with van der Waals surface area (Å²) < 4.78 is 25.4. The predicted molar refractivity (Wildman–Crippen MR) is 115 cm³/mol. The van der Waals surface area contributed by atoms with E-state index in [4.69, 9.17) is 18.6 Å². The van der Waals surface area contributed by atoms with E-state index in [-0.39, 0.29) is 36.6 Å². The van der Waals surface area contributed by atoms with Crippen molar-refractivity contribution in [1.82, 2.24) is 0 Å². The lowest BCUT2D eigenvalue weighted by molar-refractivity contribution is 0.00578. The van der Waals surface area contributed by atoms with Crippen LogP contribution in [0.5, 0.6) is 0 Å². The Kier molecular flexibility index (Phi) is 4.49. The van der Waals surface area contributed by atoms with E-state index in [1.54, 1.807) is 0 Å². The minimum absolute atomic E-state index is 0.348. The highest BCUT2D eigenvalue weighted by atomic mass is 16.7. The molecule has 2 aliphatic heterocycles. The third kappa shape index (κ3) is 3.00. The van der Waals surface area contributed by atoms with Crippen molar-refractivity contribution >= 4 is 25.2 Å². The normalized spacial score (nSPS) is 26.9. The molecule has 1 aromatic carbocycles. The maximum Gasteiger partial charge on any atom is 0.495 e. The van der Waals surface area contributed by atoms with Gasteiger partial charge in [-0.25, -0.2) is 0 Å². The van der Waals surface area contributed by atoms with E-state index in [1.165, 1.54) is 11.1 Å². The first-order valence-corrected chi connectivity index (χ1v) is 10.4. The van der Waals surface area contributed by atoms with E-state index in [0.29, 0.717) is 0 Å². The highest BCUT2D eigenvalue weighted by Crippen LogP contribution is 2.42. The molecular formula is C22H32B2O4. The summed E-state index contributed by atoms with van der Waals surface area (Å²) in [6.45, 7) is 16.8. The highest BCUT2D eigenvalue weighted by Gasteiger charge is 2.54. The first-order chi connectivity index (χ1) is 12.8. The van der Waals surface area contributed by atoms with Gasteiger partial charge >= 0.3 is 14.2 Å². The minimum atomic E-state index is -0.349. The average Bonchev–Trinajstić information content (AvgIpc) is 2.93. The van der Waals surface area contributed by atoms with E-state index in [2.05, 4.69) is 79.7 Å². The van der Waals surface area contributed by atoms with Crippen molar-refractivity contribution in [3.8, 4) is 0 Å². The van der Waals surface area contributed by atoms with Crippen LogP contribution < -0.4 is 5.46 Å². The summed E-state index contributed by atoms with van der Waals surface area (Å²) in [7, 11) is -0.699. The number of hydrogen-bond donors (Lipinski definition) is 0. The second kappa shape index (κ2) is 6.21. The molecule has 6 heteroatoms. The van der Waals surface area contributed by atoms with Crippen LogP contribution in [0.25, 0.3) is 5.47 Å². The van der Waals surface area contributed by atoms with Gasteiger partial charge in [0.15, 0.2) is 0 Å². The fourth-order valence-electron chi connectivity index (χ4n) is 4.02. The Labute approximate surface area is 170 Å². The molecule has 0 N–H and O–H groups in total. The molecule has 3 aliphatic rings. The van der Waals surface area contributed by atoms with Crippen molar-refractivity contribution in [3.63, 3.8) is 0 Å². The molecule has 2 fully saturated rings. The van der Waals surface area contributed by atoms with Crippen LogP contribution in [0.2, 0.25) is 0 Å². The average molecular weight is 382 g/mol. The molecule has 0 spiro atoms. The Bertz CT molecular complexity index is 794. The Balaban J connectivity index is 1.69. The maximum atomic E-state index is 6.34. The molecule has 0 unspecified atom stereocenters. The van der Waals surface area contributed by atoms with Crippen LogP contribution >= 0.6 is 0 Å². The second-order valence-electron chi connectivity index (χ2n) is 10.2. The zero-order valence-corrected chi connectivity index (χ0v) is 18.5. The minimum Gasteiger partial charge on any atom is -0.399 e. The Morgan fingerprint density at radius 2 is 1.21 bits per heavy atom. The topological polar surface area (TPSA) is 36.9 Å². The molecule has 0 bridgehead atoms. The highest BCUT2D eigenvalue weighted by molar-refractivity contribution is 6.69. The molecule has 0 saturated carbocycles. The van der Waals surface area contributed by atoms with Crippen LogP contribution in [0, 0.1) is 0 Å². The first kappa shape index (κ1) is 20.2. The Hall–Kier alpha value is -1.07. The van der Waals surface area contributed by atoms with Crippen LogP contribution in [0.15, 0.2) is 24.3 Å². The molecule has 150 valence electrons. The molecule has 0 amide bonds. The molecule has 28 heavy (non-hydrogen) atoms. The SMILES string of the molecule is CC1(C)OB(C2=CCCc3c(B4OC(C)(C)C(C)(C)O4)cccc32)OC1(C)C. The van der Waals surface area contributed by atoms with Crippen LogP contribution in [0.3, 0.4) is 0 Å². The summed E-state index contributed by atoms with van der Waals surface area (Å²) >= 11 is 0. The molecule has 0 radical (unpaired) electrons. The van der Waals surface area contributed by atoms with Crippen molar-refractivity contribution in [1.29, 1.82) is 0 Å². The van der Waals surface area contributed by atoms with Crippen molar-refractivity contribution in [2.75, 3.05) is 0 Å². The number of fused-ring (bicyclic) bond motifs is 1. The van der Waals surface area contributed by atoms with Gasteiger partial charge in [-0.3, -0.25) is 0 Å². The molecule has 0 aromatic heterocycles. The van der Waals surface area contributed by atoms with Gasteiger partial charge in [0.1, 0.15) is 0 Å². The van der Waals surface area contributed by atoms with Crippen LogP contribution in [0.1, 0.15) is 72.9 Å². The molecule has 2 saturated heterocycles. The maximum absolute atomic E-state index is 6.34. The smallest absolute Gasteiger partial charge is 0.399 e. The molecule has 0 atom stereocenters. The van der Waals surface area contributed by atoms with E-state index in [9.17, 15) is 0 Å². The standard InChI is InChI=1S/C22H32B2O4/c1-19(2)20(3,4)26-23(25-19)17-13-9-12-16-15(17)11-10-14-18(16)24-27-21(5,6)22(7,8)28-24/h9,12-14H,10-11H2,1-8H3. The fourth-order valence-corrected chi connectivity index (χ4v) is 4.02. The van der Waals surface area contributed by atoms with Gasteiger partial charge in [-0.15, -0.1) is 0 Å². The fraction of sp³-hybridized carbons (Fsp3) is 0.636. The Morgan fingerprint density at radius 1 is 0.714 bits per heavy atom. The quantitative estimate of drug-likeness (QED) is 0.727. The van der Waals surface area contributed by atoms with Gasteiger partial charge in [-0.2, -0.15) is 0 Å². The van der Waals surface area contributed by atoms with Gasteiger partial charge in [0.05, 0.1) is 22.4 Å². The van der Waals surface area contributed by atoms with Crippen molar-refractivity contribution < 1.29 is 18.6 Å². The molecular weight excluding hydrogens is 350 g/mol. The van der Waals surface area contributed by atoms with Gasteiger partial charge < -0.3 is 18.6 Å². The van der Waals surface area contributed by atoms with E-state index >= 15 is 0 Å². The first-order valence-electron chi connectivity index (χ1n) is 10.4. The van der Waals surface area contributed by atoms with Crippen molar-refractivity contribution in [3.05, 3.63) is 35.4 Å². The third-order valence-corrected chi connectivity index (χ3v) is 7.30. The van der Waals surface area contributed by atoms with E-state index in [0.717, 1.165) is 23.8 Å². The van der Waals surface area contributed by atoms with Crippen molar-refractivity contribution in [2.45, 2.75) is 90.6 Å². The lowest BCUT2D eigenvalue weighted by Gasteiger charge is -2.32. The monoisotopic (exact) mass is 382 g/mol. The van der Waals surface area contributed by atoms with Gasteiger partial charge in [0, 0.05) is 0 Å². The zero-order chi connectivity index (χ0) is 20.5. The molecule has 4 rings (SSSR count). The summed E-state index contributed by atoms with van der Waals surface area (Å²) in [5.41, 5.74) is 3.33. The number of allylic oxidation sites excluding steroid dienone is 1. The van der Waals surface area contributed by atoms with Gasteiger partial charge in [-0.05, 0) is 90.3 Å². The molecule has 4 nitrogen and oxygen atoms in total. The summed E-state index contributed by atoms with van der Waals surface area (Å²) in [6.07, 6.45) is 4.19. The van der Waals surface area contributed by atoms with E-state index in [1.807, 2.05) is 0 Å². The Morgan fingerprint density at radius 3 is 1.75 bits per heavy atom. The second-order valence-corrected chi connectivity index (χ2v) is 10.2. The summed E-state index contributed by atoms with van der Waals surface area (Å²) in [5, 5.41) is 0. The number of rotatable bonds is 2. The van der Waals surface area contributed by atoms with Crippen molar-refractivity contribution in [2.24, 2.45) is 0 Å². The third-order valence-electron chi connectivity index (χ3n) is 7.30. The van der Waals surface area contributed by atoms with Crippen LogP contribution in [-0.4, -0.2) is 36.6 Å². The van der Waals surface area contributed by atoms with Crippen LogP contribution in [0.4, 0.5) is 0 Å². The van der Waals surface area contributed by atoms with Gasteiger partial charge in [0.25, 0.3) is 0 Å². The predicted octanol–water partition coefficient (Wildman–Crippen LogP) is 3.95. The summed E-state index contributed by atoms with van der Waals surface area (Å²) in [6, 6.07) is 6.39. The van der Waals surface area contributed by atoms with Gasteiger partial charge in [0.2, 0.25) is 0 Å². The molecule has 2 heterocycles.